The molecule has 0 saturated heterocycles. The van der Waals surface area contributed by atoms with Crippen LogP contribution in [0.3, 0.4) is 0 Å². The molecule has 0 spiro atoms. The number of aromatic nitrogens is 1. The molecule has 6 heteroatoms. The largest absolute Gasteiger partial charge is 0.329 e. The Morgan fingerprint density at radius 3 is 2.81 bits per heavy atom. The first-order valence-electron chi connectivity index (χ1n) is 10.6. The lowest BCUT2D eigenvalue weighted by Crippen LogP contribution is -2.43. The molecule has 5 nitrogen and oxygen atoms in total. The number of rotatable bonds is 12. The van der Waals surface area contributed by atoms with Crippen LogP contribution in [0.25, 0.3) is 11.1 Å². The Labute approximate surface area is 189 Å². The Morgan fingerprint density at radius 1 is 1.42 bits per heavy atom. The molecule has 0 aliphatic carbocycles. The van der Waals surface area contributed by atoms with Crippen molar-refractivity contribution in [3.05, 3.63) is 65.5 Å². The van der Waals surface area contributed by atoms with Gasteiger partial charge in [-0.15, -0.1) is 0 Å². The van der Waals surface area contributed by atoms with Crippen molar-refractivity contribution in [1.82, 2.24) is 9.88 Å². The van der Waals surface area contributed by atoms with E-state index < -0.39 is 0 Å². The van der Waals surface area contributed by atoms with E-state index in [1.165, 1.54) is 11.7 Å². The number of hydrogen-bond donors (Lipinski definition) is 1. The molecule has 0 fully saturated rings. The van der Waals surface area contributed by atoms with Gasteiger partial charge in [-0.25, -0.2) is 0 Å². The van der Waals surface area contributed by atoms with E-state index in [2.05, 4.69) is 25.4 Å². The van der Waals surface area contributed by atoms with Crippen LogP contribution >= 0.6 is 11.6 Å². The monoisotopic (exact) mass is 439 g/mol. The summed E-state index contributed by atoms with van der Waals surface area (Å²) in [6.07, 6.45) is 12.2. The summed E-state index contributed by atoms with van der Waals surface area (Å²) >= 11 is 5.60. The fraction of sp³-hybridized carbons (Fsp3) is 0.360. The normalized spacial score (nSPS) is 17.7. The van der Waals surface area contributed by atoms with Crippen molar-refractivity contribution in [2.45, 2.75) is 58.0 Å². The quantitative estimate of drug-likeness (QED) is 0.262. The average Bonchev–Trinajstić information content (AvgIpc) is 3.10. The highest BCUT2D eigenvalue weighted by Crippen LogP contribution is 2.36. The fourth-order valence-corrected chi connectivity index (χ4v) is 4.13. The lowest BCUT2D eigenvalue weighted by molar-refractivity contribution is -0.129. The summed E-state index contributed by atoms with van der Waals surface area (Å²) in [6, 6.07) is 3.49. The number of allylic oxidation sites excluding steroid dienone is 4. The summed E-state index contributed by atoms with van der Waals surface area (Å²) in [6.45, 7) is 8.37. The van der Waals surface area contributed by atoms with Crippen molar-refractivity contribution in [2.24, 2.45) is 0 Å². The van der Waals surface area contributed by atoms with Gasteiger partial charge in [0, 0.05) is 47.6 Å². The smallest absolute Gasteiger partial charge is 0.247 e. The van der Waals surface area contributed by atoms with Crippen LogP contribution in [0.2, 0.25) is 0 Å². The van der Waals surface area contributed by atoms with Crippen molar-refractivity contribution in [2.75, 3.05) is 0 Å². The minimum Gasteiger partial charge on any atom is -0.329 e. The summed E-state index contributed by atoms with van der Waals surface area (Å²) in [5.41, 5.74) is 5.13. The number of amides is 1. The van der Waals surface area contributed by atoms with E-state index in [1.54, 1.807) is 24.4 Å². The van der Waals surface area contributed by atoms with Crippen LogP contribution in [0.15, 0.2) is 54.2 Å². The standard InChI is InChI=1S/C25H30ClN3O2/c1-4-8-20(5-2)29-23(11-14-30)22(16-24(29)31)25-21(10-7-13-28-25)18(3)15-19(17-27)9-6-12-26/h6-7,9-10,12-14,16-17,20,23,27H,3-5,8,11,15H2,1-2H3/b12-6+,19-9-,27-17?. The third-order valence-electron chi connectivity index (χ3n) is 5.48. The van der Waals surface area contributed by atoms with Gasteiger partial charge in [0.25, 0.3) is 0 Å². The molecule has 31 heavy (non-hydrogen) atoms. The third-order valence-corrected chi connectivity index (χ3v) is 5.63. The van der Waals surface area contributed by atoms with Crippen LogP contribution in [-0.4, -0.2) is 40.4 Å². The summed E-state index contributed by atoms with van der Waals surface area (Å²) in [5, 5.41) is 7.63. The van der Waals surface area contributed by atoms with Gasteiger partial charge in [-0.05, 0) is 36.5 Å². The van der Waals surface area contributed by atoms with Crippen molar-refractivity contribution in [3.63, 3.8) is 0 Å². The van der Waals surface area contributed by atoms with E-state index in [0.29, 0.717) is 12.1 Å². The van der Waals surface area contributed by atoms with Gasteiger partial charge in [0.05, 0.1) is 11.7 Å². The Hall–Kier alpha value is -2.79. The van der Waals surface area contributed by atoms with Crippen LogP contribution < -0.4 is 0 Å². The zero-order chi connectivity index (χ0) is 22.8. The van der Waals surface area contributed by atoms with Crippen LogP contribution in [0, 0.1) is 5.41 Å². The van der Waals surface area contributed by atoms with Gasteiger partial charge in [0.2, 0.25) is 5.91 Å². The lowest BCUT2D eigenvalue weighted by atomic mass is 9.92. The van der Waals surface area contributed by atoms with Crippen LogP contribution in [0.1, 0.15) is 57.2 Å². The molecule has 2 heterocycles. The molecule has 2 atom stereocenters. The third kappa shape index (κ3) is 5.88. The summed E-state index contributed by atoms with van der Waals surface area (Å²) in [5.74, 6) is -0.0725. The first-order chi connectivity index (χ1) is 15.0. The molecule has 0 saturated carbocycles. The van der Waals surface area contributed by atoms with Crippen LogP contribution in [0.5, 0.6) is 0 Å². The van der Waals surface area contributed by atoms with Gasteiger partial charge in [-0.1, -0.05) is 56.7 Å². The van der Waals surface area contributed by atoms with Gasteiger partial charge < -0.3 is 15.1 Å². The molecule has 1 N–H and O–H groups in total. The number of hydrogen-bond acceptors (Lipinski definition) is 4. The molecule has 1 amide bonds. The van der Waals surface area contributed by atoms with Crippen molar-refractivity contribution in [1.29, 1.82) is 5.41 Å². The first-order valence-corrected chi connectivity index (χ1v) is 11.0. The highest BCUT2D eigenvalue weighted by atomic mass is 35.5. The second kappa shape index (κ2) is 12.2. The lowest BCUT2D eigenvalue weighted by Gasteiger charge is -2.33. The predicted molar refractivity (Wildman–Crippen MR) is 128 cm³/mol. The van der Waals surface area contributed by atoms with Gasteiger partial charge in [-0.2, -0.15) is 0 Å². The molecule has 164 valence electrons. The number of nitrogens with one attached hydrogen (secondary N) is 1. The van der Waals surface area contributed by atoms with Gasteiger partial charge in [-0.3, -0.25) is 9.78 Å². The maximum absolute atomic E-state index is 13.0. The number of halogens is 1. The minimum atomic E-state index is -0.333. The zero-order valence-corrected chi connectivity index (χ0v) is 18.9. The molecule has 2 unspecified atom stereocenters. The molecule has 2 rings (SSSR count). The maximum atomic E-state index is 13.0. The molecule has 0 radical (unpaired) electrons. The number of aldehydes is 1. The zero-order valence-electron chi connectivity index (χ0n) is 18.2. The van der Waals surface area contributed by atoms with E-state index in [9.17, 15) is 9.59 Å². The molecular weight excluding hydrogens is 410 g/mol. The SMILES string of the molecule is C=C(C/C(C=N)=C/C=C/Cl)c1cccnc1C1=CC(=O)N(C(CC)CCC)C1CC=O. The van der Waals surface area contributed by atoms with Crippen LogP contribution in [0.4, 0.5) is 0 Å². The van der Waals surface area contributed by atoms with E-state index in [1.807, 2.05) is 17.0 Å². The molecule has 0 bridgehead atoms. The van der Waals surface area contributed by atoms with Gasteiger partial charge in [0.15, 0.2) is 0 Å². The van der Waals surface area contributed by atoms with E-state index in [4.69, 9.17) is 17.0 Å². The Morgan fingerprint density at radius 2 is 2.19 bits per heavy atom. The Kier molecular flexibility index (Phi) is 9.60. The molecular formula is C25H30ClN3O2. The predicted octanol–water partition coefficient (Wildman–Crippen LogP) is 5.58. The van der Waals surface area contributed by atoms with Crippen molar-refractivity contribution >= 4 is 41.2 Å². The fourth-order valence-electron chi connectivity index (χ4n) is 4.05. The topological polar surface area (TPSA) is 74.1 Å². The van der Waals surface area contributed by atoms with E-state index >= 15 is 0 Å². The summed E-state index contributed by atoms with van der Waals surface area (Å²) < 4.78 is 0. The van der Waals surface area contributed by atoms with Gasteiger partial charge >= 0.3 is 0 Å². The van der Waals surface area contributed by atoms with Crippen molar-refractivity contribution < 1.29 is 9.59 Å². The molecule has 1 aliphatic rings. The average molecular weight is 440 g/mol. The summed E-state index contributed by atoms with van der Waals surface area (Å²) in [7, 11) is 0. The molecule has 1 aromatic rings. The van der Waals surface area contributed by atoms with Crippen LogP contribution in [-0.2, 0) is 9.59 Å². The number of carbonyl (C=O) groups is 2. The number of carbonyl (C=O) groups excluding carboxylic acids is 2. The highest BCUT2D eigenvalue weighted by molar-refractivity contribution is 6.25. The van der Waals surface area contributed by atoms with Crippen molar-refractivity contribution in [3.8, 4) is 0 Å². The Bertz CT molecular complexity index is 917. The van der Waals surface area contributed by atoms with E-state index in [-0.39, 0.29) is 24.4 Å². The molecule has 1 aromatic heterocycles. The number of pyridine rings is 1. The first kappa shape index (κ1) is 24.5. The molecule has 1 aliphatic heterocycles. The van der Waals surface area contributed by atoms with Gasteiger partial charge in [0.1, 0.15) is 6.29 Å². The second-order valence-electron chi connectivity index (χ2n) is 7.50. The number of nitrogens with zero attached hydrogens (tertiary/aromatic N) is 2. The van der Waals surface area contributed by atoms with E-state index in [0.717, 1.165) is 47.8 Å². The molecule has 0 aromatic carbocycles. The minimum absolute atomic E-state index is 0.0725. The highest BCUT2D eigenvalue weighted by Gasteiger charge is 2.38. The summed E-state index contributed by atoms with van der Waals surface area (Å²) in [4.78, 5) is 30.9. The second-order valence-corrected chi connectivity index (χ2v) is 7.75. The Balaban J connectivity index is 2.45. The maximum Gasteiger partial charge on any atom is 0.247 e.